The Morgan fingerprint density at radius 1 is 1.30 bits per heavy atom. The Kier molecular flexibility index (Phi) is 4.67. The molecule has 1 aliphatic heterocycles. The monoisotopic (exact) mass is 313 g/mol. The largest absolute Gasteiger partial charge is 0.491 e. The summed E-state index contributed by atoms with van der Waals surface area (Å²) >= 11 is 7.53. The molecule has 20 heavy (non-hydrogen) atoms. The van der Waals surface area contributed by atoms with Crippen LogP contribution in [0.5, 0.6) is 0 Å². The van der Waals surface area contributed by atoms with Crippen molar-refractivity contribution in [1.82, 2.24) is 5.32 Å². The second-order valence-corrected chi connectivity index (χ2v) is 7.73. The summed E-state index contributed by atoms with van der Waals surface area (Å²) in [4.78, 5) is 1.11. The topological polar surface area (TPSA) is 30.5 Å². The van der Waals surface area contributed by atoms with Crippen molar-refractivity contribution in [1.29, 1.82) is 0 Å². The first-order chi connectivity index (χ1) is 9.25. The Labute approximate surface area is 130 Å². The summed E-state index contributed by atoms with van der Waals surface area (Å²) in [5.41, 5.74) is 0.430. The van der Waals surface area contributed by atoms with Crippen LogP contribution in [0.3, 0.4) is 0 Å². The van der Waals surface area contributed by atoms with Crippen LogP contribution >= 0.6 is 22.9 Å². The predicted molar refractivity (Wildman–Crippen MR) is 87.3 cm³/mol. The van der Waals surface area contributed by atoms with Crippen LogP contribution in [0.2, 0.25) is 4.34 Å². The van der Waals surface area contributed by atoms with E-state index >= 15 is 0 Å². The van der Waals surface area contributed by atoms with Crippen LogP contribution in [0.1, 0.15) is 32.6 Å². The van der Waals surface area contributed by atoms with Crippen LogP contribution < -0.4 is 5.32 Å². The van der Waals surface area contributed by atoms with Crippen molar-refractivity contribution >= 4 is 36.1 Å². The molecule has 110 valence electrons. The predicted octanol–water partition coefficient (Wildman–Crippen LogP) is 3.64. The van der Waals surface area contributed by atoms with Crippen LogP contribution in [0.25, 0.3) is 6.08 Å². The van der Waals surface area contributed by atoms with Crippen molar-refractivity contribution in [2.75, 3.05) is 13.6 Å². The first kappa shape index (κ1) is 16.1. The maximum absolute atomic E-state index is 6.10. The maximum atomic E-state index is 6.10. The second-order valence-electron chi connectivity index (χ2n) is 5.98. The van der Waals surface area contributed by atoms with E-state index in [1.807, 2.05) is 19.2 Å². The Balaban J connectivity index is 2.24. The van der Waals surface area contributed by atoms with E-state index in [9.17, 15) is 0 Å². The molecule has 0 unspecified atom stereocenters. The Bertz CT molecular complexity index is 497. The lowest BCUT2D eigenvalue weighted by Gasteiger charge is -2.32. The van der Waals surface area contributed by atoms with Gasteiger partial charge < -0.3 is 14.6 Å². The minimum absolute atomic E-state index is 0.322. The van der Waals surface area contributed by atoms with Gasteiger partial charge in [0.2, 0.25) is 0 Å². The molecule has 1 saturated heterocycles. The molecule has 0 bridgehead atoms. The molecule has 0 aliphatic carbocycles. The minimum atomic E-state index is -0.326. The average molecular weight is 314 g/mol. The third-order valence-electron chi connectivity index (χ3n) is 3.86. The van der Waals surface area contributed by atoms with Crippen molar-refractivity contribution in [3.8, 4) is 0 Å². The fraction of sp³-hybridized carbons (Fsp3) is 0.571. The fourth-order valence-electron chi connectivity index (χ4n) is 1.99. The van der Waals surface area contributed by atoms with Gasteiger partial charge in [0.05, 0.1) is 15.5 Å². The number of halogens is 1. The van der Waals surface area contributed by atoms with Gasteiger partial charge >= 0.3 is 7.12 Å². The molecule has 0 radical (unpaired) electrons. The number of rotatable bonds is 4. The van der Waals surface area contributed by atoms with E-state index in [1.54, 1.807) is 11.3 Å². The number of hydrogen-bond donors (Lipinski definition) is 1. The van der Waals surface area contributed by atoms with E-state index in [2.05, 4.69) is 39.1 Å². The highest BCUT2D eigenvalue weighted by Crippen LogP contribution is 2.39. The zero-order valence-corrected chi connectivity index (χ0v) is 14.2. The molecule has 1 N–H and O–H groups in total. The minimum Gasteiger partial charge on any atom is -0.400 e. The number of thiophene rings is 1. The normalized spacial score (nSPS) is 21.5. The Hall–Kier alpha value is -0.325. The summed E-state index contributed by atoms with van der Waals surface area (Å²) in [6, 6.07) is 3.91. The molecule has 2 heterocycles. The van der Waals surface area contributed by atoms with Crippen LogP contribution in [-0.4, -0.2) is 31.9 Å². The molecule has 1 aliphatic rings. The summed E-state index contributed by atoms with van der Waals surface area (Å²) in [5.74, 6) is 0. The number of likely N-dealkylation sites (N-methyl/N-ethyl adjacent to an activating group) is 1. The van der Waals surface area contributed by atoms with Gasteiger partial charge in [0, 0.05) is 11.4 Å². The van der Waals surface area contributed by atoms with Gasteiger partial charge in [-0.25, -0.2) is 0 Å². The summed E-state index contributed by atoms with van der Waals surface area (Å²) in [6.45, 7) is 8.96. The van der Waals surface area contributed by atoms with Crippen molar-refractivity contribution < 1.29 is 9.31 Å². The zero-order valence-electron chi connectivity index (χ0n) is 12.6. The van der Waals surface area contributed by atoms with Gasteiger partial charge in [-0.2, -0.15) is 0 Å². The zero-order chi connectivity index (χ0) is 15.0. The molecule has 2 rings (SSSR count). The second kappa shape index (κ2) is 5.81. The molecule has 0 spiro atoms. The first-order valence-corrected chi connectivity index (χ1v) is 7.91. The molecule has 3 nitrogen and oxygen atoms in total. The number of hydrogen-bond acceptors (Lipinski definition) is 4. The fourth-order valence-corrected chi connectivity index (χ4v) is 3.03. The van der Waals surface area contributed by atoms with E-state index < -0.39 is 0 Å². The molecule has 0 saturated carbocycles. The highest BCUT2D eigenvalue weighted by molar-refractivity contribution is 7.17. The van der Waals surface area contributed by atoms with Crippen LogP contribution in [0.15, 0.2) is 17.6 Å². The summed E-state index contributed by atoms with van der Waals surface area (Å²) in [7, 11) is 1.59. The van der Waals surface area contributed by atoms with E-state index in [0.29, 0.717) is 6.54 Å². The lowest BCUT2D eigenvalue weighted by Crippen LogP contribution is -2.41. The first-order valence-electron chi connectivity index (χ1n) is 6.71. The molecule has 1 aromatic rings. The quantitative estimate of drug-likeness (QED) is 0.861. The lowest BCUT2D eigenvalue weighted by molar-refractivity contribution is 0.00578. The maximum Gasteiger partial charge on any atom is 0.491 e. The summed E-state index contributed by atoms with van der Waals surface area (Å²) in [6.07, 6.45) is 2.09. The van der Waals surface area contributed by atoms with E-state index in [0.717, 1.165) is 14.7 Å². The van der Waals surface area contributed by atoms with Gasteiger partial charge in [-0.3, -0.25) is 0 Å². The van der Waals surface area contributed by atoms with Crippen molar-refractivity contribution in [3.05, 3.63) is 26.8 Å². The van der Waals surface area contributed by atoms with Gasteiger partial charge in [-0.1, -0.05) is 11.6 Å². The van der Waals surface area contributed by atoms with Gasteiger partial charge in [-0.15, -0.1) is 11.3 Å². The third-order valence-corrected chi connectivity index (χ3v) is 5.04. The summed E-state index contributed by atoms with van der Waals surface area (Å²) in [5, 5.41) is 3.17. The molecule has 0 aromatic carbocycles. The van der Waals surface area contributed by atoms with Crippen molar-refractivity contribution in [3.63, 3.8) is 0 Å². The average Bonchev–Trinajstić information content (AvgIpc) is 2.81. The van der Waals surface area contributed by atoms with Crippen LogP contribution in [0, 0.1) is 0 Å². The molecular formula is C14H21BClNO2S. The van der Waals surface area contributed by atoms with Gasteiger partial charge in [0.25, 0.3) is 0 Å². The molecule has 0 atom stereocenters. The van der Waals surface area contributed by atoms with Crippen molar-refractivity contribution in [2.45, 2.75) is 38.9 Å². The highest BCUT2D eigenvalue weighted by atomic mass is 35.5. The lowest BCUT2D eigenvalue weighted by atomic mass is 9.77. The SMILES string of the molecule is CNCC(=Cc1ccc(Cl)s1)B1OC(C)(C)C(C)(C)O1. The van der Waals surface area contributed by atoms with Crippen molar-refractivity contribution in [2.24, 2.45) is 0 Å². The number of nitrogens with one attached hydrogen (secondary N) is 1. The van der Waals surface area contributed by atoms with Gasteiger partial charge in [-0.05, 0) is 58.4 Å². The molecule has 1 fully saturated rings. The standard InChI is InChI=1S/C14H21BClNO2S/c1-13(2)14(3,4)19-15(18-13)10(9-17-5)8-11-6-7-12(16)20-11/h6-8,17H,9H2,1-5H3. The molecular weight excluding hydrogens is 292 g/mol. The van der Waals surface area contributed by atoms with Crippen LogP contribution in [-0.2, 0) is 9.31 Å². The highest BCUT2D eigenvalue weighted by Gasteiger charge is 2.52. The van der Waals surface area contributed by atoms with Gasteiger partial charge in [0.1, 0.15) is 0 Å². The molecule has 1 aromatic heterocycles. The third kappa shape index (κ3) is 3.29. The van der Waals surface area contributed by atoms with E-state index in [4.69, 9.17) is 20.9 Å². The Morgan fingerprint density at radius 3 is 2.35 bits per heavy atom. The van der Waals surface area contributed by atoms with E-state index in [-0.39, 0.29) is 18.3 Å². The molecule has 0 amide bonds. The van der Waals surface area contributed by atoms with Crippen LogP contribution in [0.4, 0.5) is 0 Å². The Morgan fingerprint density at radius 2 is 1.90 bits per heavy atom. The van der Waals surface area contributed by atoms with Gasteiger partial charge in [0.15, 0.2) is 0 Å². The smallest absolute Gasteiger partial charge is 0.400 e. The molecule has 6 heteroatoms. The van der Waals surface area contributed by atoms with E-state index in [1.165, 1.54) is 0 Å². The summed E-state index contributed by atoms with van der Waals surface area (Å²) < 4.78 is 13.0.